The summed E-state index contributed by atoms with van der Waals surface area (Å²) in [6.45, 7) is 2.45. The number of carbonyl (C=O) groups excluding carboxylic acids is 3. The summed E-state index contributed by atoms with van der Waals surface area (Å²) < 4.78 is 23.6. The number of imide groups is 1. The van der Waals surface area contributed by atoms with Gasteiger partial charge in [-0.1, -0.05) is 23.7 Å². The van der Waals surface area contributed by atoms with Gasteiger partial charge < -0.3 is 14.8 Å². The number of hydrogen-bond acceptors (Lipinski definition) is 5. The SMILES string of the molecule is Cc1cc(Cl)cc(C)c1OCC(=O)OCC(=O)NC(=O)Nc1ccccc1F. The normalized spacial score (nSPS) is 10.1. The minimum Gasteiger partial charge on any atom is -0.481 e. The van der Waals surface area contributed by atoms with Crippen molar-refractivity contribution in [2.24, 2.45) is 0 Å². The lowest BCUT2D eigenvalue weighted by Gasteiger charge is -2.12. The third-order valence-electron chi connectivity index (χ3n) is 3.50. The maximum Gasteiger partial charge on any atom is 0.344 e. The van der Waals surface area contributed by atoms with E-state index < -0.39 is 36.9 Å². The zero-order valence-corrected chi connectivity index (χ0v) is 15.9. The van der Waals surface area contributed by atoms with Gasteiger partial charge >= 0.3 is 12.0 Å². The molecule has 0 heterocycles. The van der Waals surface area contributed by atoms with Crippen LogP contribution in [0.3, 0.4) is 0 Å². The van der Waals surface area contributed by atoms with Gasteiger partial charge in [0.15, 0.2) is 13.2 Å². The first kappa shape index (κ1) is 21.2. The Bertz CT molecular complexity index is 881. The summed E-state index contributed by atoms with van der Waals surface area (Å²) in [7, 11) is 0. The summed E-state index contributed by atoms with van der Waals surface area (Å²) >= 11 is 5.93. The molecule has 0 unspecified atom stereocenters. The third kappa shape index (κ3) is 6.24. The molecule has 9 heteroatoms. The van der Waals surface area contributed by atoms with E-state index in [1.165, 1.54) is 18.2 Å². The Morgan fingerprint density at radius 1 is 1.07 bits per heavy atom. The first-order valence-corrected chi connectivity index (χ1v) is 8.54. The Morgan fingerprint density at radius 2 is 1.71 bits per heavy atom. The maximum absolute atomic E-state index is 13.4. The Balaban J connectivity index is 1.76. The Hall–Kier alpha value is -3.13. The van der Waals surface area contributed by atoms with Crippen LogP contribution in [0.25, 0.3) is 0 Å². The number of esters is 1. The quantitative estimate of drug-likeness (QED) is 0.715. The maximum atomic E-state index is 13.4. The van der Waals surface area contributed by atoms with Gasteiger partial charge in [-0.3, -0.25) is 10.1 Å². The second-order valence-corrected chi connectivity index (χ2v) is 6.24. The van der Waals surface area contributed by atoms with E-state index in [0.717, 1.165) is 17.2 Å². The number of carbonyl (C=O) groups is 3. The number of anilines is 1. The number of benzene rings is 2. The van der Waals surface area contributed by atoms with Crippen molar-refractivity contribution in [2.45, 2.75) is 13.8 Å². The third-order valence-corrected chi connectivity index (χ3v) is 3.72. The van der Waals surface area contributed by atoms with Crippen molar-refractivity contribution in [3.8, 4) is 5.75 Å². The molecule has 0 spiro atoms. The van der Waals surface area contributed by atoms with E-state index in [1.54, 1.807) is 26.0 Å². The van der Waals surface area contributed by atoms with E-state index in [4.69, 9.17) is 21.1 Å². The van der Waals surface area contributed by atoms with Crippen molar-refractivity contribution in [1.82, 2.24) is 5.32 Å². The van der Waals surface area contributed by atoms with Crippen LogP contribution in [0.2, 0.25) is 5.02 Å². The molecular formula is C19H18ClFN2O5. The van der Waals surface area contributed by atoms with Crippen molar-refractivity contribution in [2.75, 3.05) is 18.5 Å². The molecule has 0 aliphatic carbocycles. The van der Waals surface area contributed by atoms with Crippen LogP contribution < -0.4 is 15.4 Å². The number of rotatable bonds is 6. The molecule has 0 saturated heterocycles. The van der Waals surface area contributed by atoms with Crippen molar-refractivity contribution in [1.29, 1.82) is 0 Å². The molecule has 2 N–H and O–H groups in total. The Morgan fingerprint density at radius 3 is 2.36 bits per heavy atom. The fraction of sp³-hybridized carbons (Fsp3) is 0.211. The number of halogens is 2. The molecule has 148 valence electrons. The number of hydrogen-bond donors (Lipinski definition) is 2. The summed E-state index contributed by atoms with van der Waals surface area (Å²) in [5.41, 5.74) is 1.41. The van der Waals surface area contributed by atoms with E-state index >= 15 is 0 Å². The molecule has 0 fully saturated rings. The molecule has 28 heavy (non-hydrogen) atoms. The van der Waals surface area contributed by atoms with Crippen LogP contribution in [0.1, 0.15) is 11.1 Å². The molecule has 0 radical (unpaired) electrons. The molecule has 7 nitrogen and oxygen atoms in total. The molecule has 0 atom stereocenters. The van der Waals surface area contributed by atoms with Crippen LogP contribution in [-0.4, -0.2) is 31.1 Å². The first-order valence-electron chi connectivity index (χ1n) is 8.17. The van der Waals surface area contributed by atoms with Gasteiger partial charge in [0, 0.05) is 5.02 Å². The highest BCUT2D eigenvalue weighted by Crippen LogP contribution is 2.26. The van der Waals surface area contributed by atoms with E-state index in [9.17, 15) is 18.8 Å². The van der Waals surface area contributed by atoms with Gasteiger partial charge in [-0.25, -0.2) is 14.0 Å². The van der Waals surface area contributed by atoms with Crippen LogP contribution >= 0.6 is 11.6 Å². The summed E-state index contributed by atoms with van der Waals surface area (Å²) in [6.07, 6.45) is 0. The standard InChI is InChI=1S/C19H18ClFN2O5/c1-11-7-13(20)8-12(2)18(11)28-10-17(25)27-9-16(24)23-19(26)22-15-6-4-3-5-14(15)21/h3-8H,9-10H2,1-2H3,(H2,22,23,24,26). The molecule has 0 aliphatic heterocycles. The number of para-hydroxylation sites is 1. The van der Waals surface area contributed by atoms with E-state index in [-0.39, 0.29) is 5.69 Å². The summed E-state index contributed by atoms with van der Waals surface area (Å²) in [5, 5.41) is 4.64. The van der Waals surface area contributed by atoms with Crippen LogP contribution in [-0.2, 0) is 14.3 Å². The predicted molar refractivity (Wildman–Crippen MR) is 101 cm³/mol. The lowest BCUT2D eigenvalue weighted by Crippen LogP contribution is -2.37. The zero-order chi connectivity index (χ0) is 20.7. The summed E-state index contributed by atoms with van der Waals surface area (Å²) in [6, 6.07) is 7.90. The number of ether oxygens (including phenoxy) is 2. The minimum absolute atomic E-state index is 0.0908. The van der Waals surface area contributed by atoms with Crippen LogP contribution in [0.4, 0.5) is 14.9 Å². The molecule has 3 amide bonds. The minimum atomic E-state index is -0.949. The number of urea groups is 1. The van der Waals surface area contributed by atoms with Gasteiger partial charge in [0.05, 0.1) is 5.69 Å². The molecule has 0 aromatic heterocycles. The number of nitrogens with one attached hydrogen (secondary N) is 2. The highest BCUT2D eigenvalue weighted by Gasteiger charge is 2.14. The Kier molecular flexibility index (Phi) is 7.34. The largest absolute Gasteiger partial charge is 0.481 e. The van der Waals surface area contributed by atoms with E-state index in [0.29, 0.717) is 10.8 Å². The topological polar surface area (TPSA) is 93.7 Å². The van der Waals surface area contributed by atoms with Gasteiger partial charge in [0.1, 0.15) is 11.6 Å². The smallest absolute Gasteiger partial charge is 0.344 e. The number of aryl methyl sites for hydroxylation is 2. The van der Waals surface area contributed by atoms with Gasteiger partial charge in [-0.15, -0.1) is 0 Å². The molecule has 2 aromatic rings. The van der Waals surface area contributed by atoms with Gasteiger partial charge in [0.25, 0.3) is 5.91 Å². The van der Waals surface area contributed by atoms with Crippen LogP contribution in [0, 0.1) is 19.7 Å². The zero-order valence-electron chi connectivity index (χ0n) is 15.2. The van der Waals surface area contributed by atoms with Crippen molar-refractivity contribution < 1.29 is 28.2 Å². The van der Waals surface area contributed by atoms with Crippen LogP contribution in [0.5, 0.6) is 5.75 Å². The highest BCUT2D eigenvalue weighted by atomic mass is 35.5. The summed E-state index contributed by atoms with van der Waals surface area (Å²) in [5.74, 6) is -1.82. The lowest BCUT2D eigenvalue weighted by atomic mass is 10.1. The van der Waals surface area contributed by atoms with E-state index in [1.807, 2.05) is 5.32 Å². The number of amides is 3. The molecule has 2 rings (SSSR count). The second-order valence-electron chi connectivity index (χ2n) is 5.80. The van der Waals surface area contributed by atoms with Gasteiger partial charge in [-0.2, -0.15) is 0 Å². The van der Waals surface area contributed by atoms with Crippen molar-refractivity contribution in [3.63, 3.8) is 0 Å². The average Bonchev–Trinajstić information content (AvgIpc) is 2.61. The first-order chi connectivity index (χ1) is 13.3. The van der Waals surface area contributed by atoms with Crippen molar-refractivity contribution in [3.05, 3.63) is 58.4 Å². The molecule has 0 bridgehead atoms. The fourth-order valence-corrected chi connectivity index (χ4v) is 2.65. The Labute approximate surface area is 165 Å². The molecule has 0 aliphatic rings. The highest BCUT2D eigenvalue weighted by molar-refractivity contribution is 6.30. The fourth-order valence-electron chi connectivity index (χ4n) is 2.32. The lowest BCUT2D eigenvalue weighted by molar-refractivity contribution is -0.150. The average molecular weight is 409 g/mol. The summed E-state index contributed by atoms with van der Waals surface area (Å²) in [4.78, 5) is 35.0. The van der Waals surface area contributed by atoms with Gasteiger partial charge in [0.2, 0.25) is 0 Å². The molecule has 0 saturated carbocycles. The second kappa shape index (κ2) is 9.70. The van der Waals surface area contributed by atoms with Crippen molar-refractivity contribution >= 4 is 35.2 Å². The monoisotopic (exact) mass is 408 g/mol. The van der Waals surface area contributed by atoms with Gasteiger partial charge in [-0.05, 0) is 49.2 Å². The molecule has 2 aromatic carbocycles. The molecular weight excluding hydrogens is 391 g/mol. The predicted octanol–water partition coefficient (Wildman–Crippen LogP) is 3.37. The van der Waals surface area contributed by atoms with E-state index in [2.05, 4.69) is 5.32 Å². The van der Waals surface area contributed by atoms with Crippen LogP contribution in [0.15, 0.2) is 36.4 Å².